The highest BCUT2D eigenvalue weighted by molar-refractivity contribution is 5.86. The molecule has 6 N–H and O–H groups in total. The predicted octanol–water partition coefficient (Wildman–Crippen LogP) is 1.33. The van der Waals surface area contributed by atoms with Gasteiger partial charge in [-0.3, -0.25) is 4.79 Å². The van der Waals surface area contributed by atoms with Gasteiger partial charge in [-0.2, -0.15) is 0 Å². The van der Waals surface area contributed by atoms with E-state index in [0.717, 1.165) is 5.56 Å². The number of carboxylic acids is 3. The van der Waals surface area contributed by atoms with Gasteiger partial charge in [-0.25, -0.2) is 14.4 Å². The van der Waals surface area contributed by atoms with E-state index in [2.05, 4.69) is 16.0 Å². The van der Waals surface area contributed by atoms with E-state index in [1.807, 2.05) is 31.2 Å². The van der Waals surface area contributed by atoms with Crippen molar-refractivity contribution in [3.05, 3.63) is 35.4 Å². The van der Waals surface area contributed by atoms with Gasteiger partial charge in [-0.05, 0) is 44.7 Å². The fourth-order valence-electron chi connectivity index (χ4n) is 2.68. The van der Waals surface area contributed by atoms with Gasteiger partial charge in [-0.15, -0.1) is 0 Å². The molecule has 0 heterocycles. The first-order valence-electron chi connectivity index (χ1n) is 9.69. The Hall–Kier alpha value is -3.14. The van der Waals surface area contributed by atoms with Gasteiger partial charge >= 0.3 is 23.9 Å². The smallest absolute Gasteiger partial charge is 0.326 e. The van der Waals surface area contributed by atoms with Crippen LogP contribution >= 0.6 is 0 Å². The summed E-state index contributed by atoms with van der Waals surface area (Å²) in [6.45, 7) is 3.40. The third-order valence-corrected chi connectivity index (χ3v) is 4.40. The Morgan fingerprint density at radius 2 is 1.43 bits per heavy atom. The predicted molar refractivity (Wildman–Crippen MR) is 108 cm³/mol. The monoisotopic (exact) mass is 423 g/mol. The molecule has 0 saturated carbocycles. The summed E-state index contributed by atoms with van der Waals surface area (Å²) >= 11 is 0. The number of hydrogen-bond donors (Lipinski definition) is 6. The number of aliphatic carboxylic acids is 3. The molecule has 0 aliphatic carbocycles. The zero-order valence-corrected chi connectivity index (χ0v) is 16.9. The molecular formula is C20H29N3O7. The van der Waals surface area contributed by atoms with Gasteiger partial charge in [0, 0.05) is 13.0 Å². The number of benzene rings is 1. The lowest BCUT2D eigenvalue weighted by Gasteiger charge is -2.18. The topological polar surface area (TPSA) is 165 Å². The summed E-state index contributed by atoms with van der Waals surface area (Å²) in [5.74, 6) is -3.81. The minimum Gasteiger partial charge on any atom is -0.481 e. The molecule has 0 bridgehead atoms. The zero-order valence-electron chi connectivity index (χ0n) is 16.9. The van der Waals surface area contributed by atoms with E-state index in [1.165, 1.54) is 5.56 Å². The molecule has 10 heteroatoms. The van der Waals surface area contributed by atoms with Crippen molar-refractivity contribution in [2.24, 2.45) is 0 Å². The van der Waals surface area contributed by atoms with Crippen molar-refractivity contribution < 1.29 is 34.5 Å². The molecule has 1 aromatic carbocycles. The number of urea groups is 1. The minimum absolute atomic E-state index is 0.182. The van der Waals surface area contributed by atoms with E-state index < -0.39 is 42.4 Å². The Bertz CT molecular complexity index is 722. The lowest BCUT2D eigenvalue weighted by atomic mass is 10.1. The van der Waals surface area contributed by atoms with Crippen molar-refractivity contribution in [1.82, 2.24) is 16.0 Å². The van der Waals surface area contributed by atoms with Crippen LogP contribution in [0.25, 0.3) is 0 Å². The summed E-state index contributed by atoms with van der Waals surface area (Å²) in [5, 5.41) is 34.5. The Kier molecular flexibility index (Phi) is 10.9. The summed E-state index contributed by atoms with van der Waals surface area (Å²) in [4.78, 5) is 44.9. The normalized spacial score (nSPS) is 12.6. The molecule has 0 aliphatic heterocycles. The highest BCUT2D eigenvalue weighted by atomic mass is 16.4. The standard InChI is InChI=1S/C20H29N3O7/c1-13-5-7-14(8-6-13)12-21-11-3-2-4-15(18(26)27)22-20(30)23-16(19(28)29)9-10-17(24)25/h5-8,15-16,21H,2-4,9-12H2,1H3,(H,24,25)(H,26,27)(H,28,29)(H2,22,23,30)/t15-,16-/m0/s1. The number of rotatable bonds is 14. The number of carbonyl (C=O) groups excluding carboxylic acids is 1. The average molecular weight is 423 g/mol. The van der Waals surface area contributed by atoms with Crippen LogP contribution in [-0.4, -0.2) is 57.9 Å². The fourth-order valence-corrected chi connectivity index (χ4v) is 2.68. The molecule has 0 aliphatic rings. The lowest BCUT2D eigenvalue weighted by Crippen LogP contribution is -2.51. The van der Waals surface area contributed by atoms with Crippen molar-refractivity contribution >= 4 is 23.9 Å². The molecule has 10 nitrogen and oxygen atoms in total. The van der Waals surface area contributed by atoms with Gasteiger partial charge in [0.1, 0.15) is 12.1 Å². The maximum atomic E-state index is 11.9. The Morgan fingerprint density at radius 3 is 1.97 bits per heavy atom. The molecule has 0 radical (unpaired) electrons. The lowest BCUT2D eigenvalue weighted by molar-refractivity contribution is -0.140. The molecule has 30 heavy (non-hydrogen) atoms. The van der Waals surface area contributed by atoms with Gasteiger partial charge in [0.25, 0.3) is 0 Å². The number of nitrogens with one attached hydrogen (secondary N) is 3. The van der Waals surface area contributed by atoms with Crippen molar-refractivity contribution in [2.45, 2.75) is 57.7 Å². The Labute approximate surface area is 174 Å². The first kappa shape index (κ1) is 24.9. The van der Waals surface area contributed by atoms with Crippen LogP contribution in [0, 0.1) is 6.92 Å². The highest BCUT2D eigenvalue weighted by Crippen LogP contribution is 2.05. The Balaban J connectivity index is 2.34. The van der Waals surface area contributed by atoms with E-state index in [0.29, 0.717) is 25.9 Å². The maximum Gasteiger partial charge on any atom is 0.326 e. The van der Waals surface area contributed by atoms with Crippen LogP contribution in [0.15, 0.2) is 24.3 Å². The highest BCUT2D eigenvalue weighted by Gasteiger charge is 2.24. The summed E-state index contributed by atoms with van der Waals surface area (Å²) in [7, 11) is 0. The van der Waals surface area contributed by atoms with Gasteiger partial charge in [0.2, 0.25) is 0 Å². The van der Waals surface area contributed by atoms with Gasteiger partial charge < -0.3 is 31.3 Å². The summed E-state index contributed by atoms with van der Waals surface area (Å²) in [5.41, 5.74) is 2.34. The van der Waals surface area contributed by atoms with Crippen LogP contribution < -0.4 is 16.0 Å². The SMILES string of the molecule is Cc1ccc(CNCCCC[C@H](NC(=O)N[C@@H](CCC(=O)O)C(=O)O)C(=O)O)cc1. The zero-order chi connectivity index (χ0) is 22.5. The van der Waals surface area contributed by atoms with E-state index in [1.54, 1.807) is 0 Å². The molecule has 2 atom stereocenters. The van der Waals surface area contributed by atoms with E-state index >= 15 is 0 Å². The number of hydrogen-bond acceptors (Lipinski definition) is 5. The number of unbranched alkanes of at least 4 members (excludes halogenated alkanes) is 1. The third-order valence-electron chi connectivity index (χ3n) is 4.40. The molecule has 0 fully saturated rings. The second-order valence-corrected chi connectivity index (χ2v) is 6.99. The summed E-state index contributed by atoms with van der Waals surface area (Å²) < 4.78 is 0. The molecule has 0 aromatic heterocycles. The summed E-state index contributed by atoms with van der Waals surface area (Å²) in [6, 6.07) is 4.58. The molecule has 2 amide bonds. The van der Waals surface area contributed by atoms with Crippen LogP contribution in [-0.2, 0) is 20.9 Å². The van der Waals surface area contributed by atoms with E-state index in [9.17, 15) is 24.3 Å². The first-order valence-corrected chi connectivity index (χ1v) is 9.69. The van der Waals surface area contributed by atoms with Crippen LogP contribution in [0.1, 0.15) is 43.2 Å². The van der Waals surface area contributed by atoms with Crippen molar-refractivity contribution in [3.8, 4) is 0 Å². The van der Waals surface area contributed by atoms with Crippen molar-refractivity contribution in [2.75, 3.05) is 6.54 Å². The first-order chi connectivity index (χ1) is 14.2. The largest absolute Gasteiger partial charge is 0.481 e. The molecule has 1 rings (SSSR count). The van der Waals surface area contributed by atoms with Crippen LogP contribution in [0.4, 0.5) is 4.79 Å². The van der Waals surface area contributed by atoms with Crippen molar-refractivity contribution in [3.63, 3.8) is 0 Å². The van der Waals surface area contributed by atoms with Gasteiger partial charge in [0.15, 0.2) is 0 Å². The van der Waals surface area contributed by atoms with Gasteiger partial charge in [0.05, 0.1) is 0 Å². The van der Waals surface area contributed by atoms with Crippen LogP contribution in [0.2, 0.25) is 0 Å². The molecular weight excluding hydrogens is 394 g/mol. The fraction of sp³-hybridized carbons (Fsp3) is 0.500. The molecule has 0 saturated heterocycles. The molecule has 1 aromatic rings. The minimum atomic E-state index is -1.42. The second-order valence-electron chi connectivity index (χ2n) is 6.99. The second kappa shape index (κ2) is 13.2. The van der Waals surface area contributed by atoms with Crippen LogP contribution in [0.3, 0.4) is 0 Å². The molecule has 0 spiro atoms. The number of carbonyl (C=O) groups is 4. The molecule has 0 unspecified atom stereocenters. The van der Waals surface area contributed by atoms with E-state index in [-0.39, 0.29) is 12.8 Å². The number of amides is 2. The maximum absolute atomic E-state index is 11.9. The number of aryl methyl sites for hydroxylation is 1. The van der Waals surface area contributed by atoms with Crippen molar-refractivity contribution in [1.29, 1.82) is 0 Å². The average Bonchev–Trinajstić information content (AvgIpc) is 2.67. The van der Waals surface area contributed by atoms with Crippen LogP contribution in [0.5, 0.6) is 0 Å². The van der Waals surface area contributed by atoms with E-state index in [4.69, 9.17) is 10.2 Å². The number of carboxylic acid groups (broad SMARTS) is 3. The molecule has 166 valence electrons. The third kappa shape index (κ3) is 10.4. The van der Waals surface area contributed by atoms with Gasteiger partial charge in [-0.1, -0.05) is 29.8 Å². The summed E-state index contributed by atoms with van der Waals surface area (Å²) in [6.07, 6.45) is 0.689. The quantitative estimate of drug-likeness (QED) is 0.244. The Morgan fingerprint density at radius 1 is 0.867 bits per heavy atom.